The zero-order valence-electron chi connectivity index (χ0n) is 13.1. The summed E-state index contributed by atoms with van der Waals surface area (Å²) in [6, 6.07) is 10.2. The molecule has 0 aromatic heterocycles. The zero-order valence-corrected chi connectivity index (χ0v) is 13.1. The first-order chi connectivity index (χ1) is 11.9. The Labute approximate surface area is 141 Å². The van der Waals surface area contributed by atoms with E-state index in [1.54, 1.807) is 25.1 Å². The van der Waals surface area contributed by atoms with Crippen molar-refractivity contribution in [1.29, 1.82) is 0 Å². The molecule has 1 aliphatic rings. The maximum absolute atomic E-state index is 12.2. The molecule has 2 N–H and O–H groups in total. The molecule has 0 bridgehead atoms. The third-order valence-corrected chi connectivity index (χ3v) is 3.51. The lowest BCUT2D eigenvalue weighted by Gasteiger charge is -2.23. The molecule has 0 spiro atoms. The van der Waals surface area contributed by atoms with E-state index in [1.165, 1.54) is 24.3 Å². The molecule has 2 aromatic carbocycles. The second-order valence-corrected chi connectivity index (χ2v) is 5.32. The Morgan fingerprint density at radius 1 is 1.24 bits per heavy atom. The molecular weight excluding hydrogens is 334 g/mol. The summed E-state index contributed by atoms with van der Waals surface area (Å²) in [5.41, 5.74) is 1.19. The van der Waals surface area contributed by atoms with Crippen LogP contribution in [0.2, 0.25) is 0 Å². The lowest BCUT2D eigenvalue weighted by atomic mass is 10.1. The Bertz CT molecular complexity index is 809. The molecule has 2 aromatic rings. The highest BCUT2D eigenvalue weighted by Crippen LogP contribution is 2.32. The van der Waals surface area contributed by atoms with E-state index < -0.39 is 18.6 Å². The van der Waals surface area contributed by atoms with Crippen molar-refractivity contribution in [1.82, 2.24) is 0 Å². The average Bonchev–Trinajstić information content (AvgIpc) is 2.56. The van der Waals surface area contributed by atoms with Gasteiger partial charge in [0, 0.05) is 11.3 Å². The predicted molar refractivity (Wildman–Crippen MR) is 86.2 cm³/mol. The van der Waals surface area contributed by atoms with Gasteiger partial charge in [0.1, 0.15) is 11.5 Å². The number of rotatable bonds is 4. The number of hydrogen-bond donors (Lipinski definition) is 2. The fourth-order valence-electron chi connectivity index (χ4n) is 2.28. The molecule has 1 heterocycles. The van der Waals surface area contributed by atoms with E-state index in [4.69, 9.17) is 4.74 Å². The van der Waals surface area contributed by atoms with Crippen molar-refractivity contribution in [2.24, 2.45) is 0 Å². The van der Waals surface area contributed by atoms with Crippen molar-refractivity contribution in [3.05, 3.63) is 48.0 Å². The number of ether oxygens (including phenoxy) is 2. The van der Waals surface area contributed by atoms with Crippen LogP contribution in [0.25, 0.3) is 0 Å². The Balaban J connectivity index is 1.71. The lowest BCUT2D eigenvalue weighted by molar-refractivity contribution is -0.122. The number of halogens is 2. The van der Waals surface area contributed by atoms with Gasteiger partial charge in [-0.25, -0.2) is 0 Å². The number of carbonyl (C=O) groups excluding carboxylic acids is 2. The van der Waals surface area contributed by atoms with E-state index in [0.29, 0.717) is 17.1 Å². The predicted octanol–water partition coefficient (Wildman–Crippen LogP) is 3.26. The normalized spacial score (nSPS) is 15.8. The number of carbonyl (C=O) groups is 2. The van der Waals surface area contributed by atoms with Crippen LogP contribution in [0, 0.1) is 0 Å². The highest BCUT2D eigenvalue weighted by molar-refractivity contribution is 6.05. The van der Waals surface area contributed by atoms with E-state index in [2.05, 4.69) is 15.4 Å². The number of anilines is 2. The molecule has 130 valence electrons. The van der Waals surface area contributed by atoms with Crippen molar-refractivity contribution in [2.75, 3.05) is 10.6 Å². The number of amides is 2. The van der Waals surface area contributed by atoms with E-state index in [1.807, 2.05) is 0 Å². The number of nitrogens with one attached hydrogen (secondary N) is 2. The molecule has 3 rings (SSSR count). The summed E-state index contributed by atoms with van der Waals surface area (Å²) >= 11 is 0. The number of hydrogen-bond acceptors (Lipinski definition) is 4. The Kier molecular flexibility index (Phi) is 4.51. The monoisotopic (exact) mass is 348 g/mol. The van der Waals surface area contributed by atoms with E-state index in [0.717, 1.165) is 0 Å². The van der Waals surface area contributed by atoms with Crippen molar-refractivity contribution in [3.63, 3.8) is 0 Å². The maximum Gasteiger partial charge on any atom is 0.387 e. The topological polar surface area (TPSA) is 76.7 Å². The van der Waals surface area contributed by atoms with Gasteiger partial charge in [-0.05, 0) is 49.4 Å². The van der Waals surface area contributed by atoms with Crippen molar-refractivity contribution < 1.29 is 27.8 Å². The van der Waals surface area contributed by atoms with Gasteiger partial charge >= 0.3 is 6.61 Å². The smallest absolute Gasteiger partial charge is 0.387 e. The fourth-order valence-corrected chi connectivity index (χ4v) is 2.28. The van der Waals surface area contributed by atoms with E-state index in [-0.39, 0.29) is 17.2 Å². The second-order valence-electron chi connectivity index (χ2n) is 5.32. The molecule has 1 aliphatic heterocycles. The molecule has 8 heteroatoms. The molecule has 0 saturated heterocycles. The van der Waals surface area contributed by atoms with Crippen molar-refractivity contribution in [3.8, 4) is 11.5 Å². The molecule has 6 nitrogen and oxygen atoms in total. The molecule has 0 unspecified atom stereocenters. The lowest BCUT2D eigenvalue weighted by Crippen LogP contribution is -2.34. The largest absolute Gasteiger partial charge is 0.479 e. The highest BCUT2D eigenvalue weighted by Gasteiger charge is 2.23. The van der Waals surface area contributed by atoms with Crippen LogP contribution < -0.4 is 20.1 Å². The third-order valence-electron chi connectivity index (χ3n) is 3.51. The summed E-state index contributed by atoms with van der Waals surface area (Å²) in [6.45, 7) is -1.29. The standard InChI is InChI=1S/C17H14F2N2O4/c1-9-15(22)21-13-8-11(4-7-14(13)24-9)20-16(23)10-2-5-12(6-3-10)25-17(18)19/h2-9,17H,1H3,(H,20,23)(H,21,22)/t9-/m1/s1. The van der Waals surface area contributed by atoms with Gasteiger partial charge in [0.25, 0.3) is 11.8 Å². The summed E-state index contributed by atoms with van der Waals surface area (Å²) in [7, 11) is 0. The summed E-state index contributed by atoms with van der Waals surface area (Å²) < 4.78 is 33.9. The van der Waals surface area contributed by atoms with Gasteiger partial charge in [0.15, 0.2) is 6.10 Å². The Morgan fingerprint density at radius 2 is 1.96 bits per heavy atom. The summed E-state index contributed by atoms with van der Waals surface area (Å²) in [5.74, 6) is -0.224. The first kappa shape index (κ1) is 16.7. The van der Waals surface area contributed by atoms with E-state index >= 15 is 0 Å². The number of alkyl halides is 2. The van der Waals surface area contributed by atoms with Crippen LogP contribution in [0.3, 0.4) is 0 Å². The van der Waals surface area contributed by atoms with Crippen molar-refractivity contribution >= 4 is 23.2 Å². The van der Waals surface area contributed by atoms with Crippen LogP contribution in [0.5, 0.6) is 11.5 Å². The van der Waals surface area contributed by atoms with Crippen LogP contribution in [-0.4, -0.2) is 24.5 Å². The van der Waals surface area contributed by atoms with Crippen LogP contribution in [0.1, 0.15) is 17.3 Å². The average molecular weight is 348 g/mol. The second kappa shape index (κ2) is 6.76. The molecule has 0 saturated carbocycles. The van der Waals surface area contributed by atoms with E-state index in [9.17, 15) is 18.4 Å². The minimum absolute atomic E-state index is 0.0330. The Hall–Kier alpha value is -3.16. The van der Waals surface area contributed by atoms with Gasteiger partial charge in [0.05, 0.1) is 5.69 Å². The molecule has 0 radical (unpaired) electrons. The van der Waals surface area contributed by atoms with Gasteiger partial charge in [0.2, 0.25) is 0 Å². The van der Waals surface area contributed by atoms with Gasteiger partial charge in [-0.2, -0.15) is 8.78 Å². The zero-order chi connectivity index (χ0) is 18.0. The summed E-state index contributed by atoms with van der Waals surface area (Å²) in [6.07, 6.45) is -0.582. The molecule has 0 fully saturated rings. The van der Waals surface area contributed by atoms with Gasteiger partial charge in [-0.15, -0.1) is 0 Å². The Morgan fingerprint density at radius 3 is 2.64 bits per heavy atom. The summed E-state index contributed by atoms with van der Waals surface area (Å²) in [5, 5.41) is 5.35. The van der Waals surface area contributed by atoms with Gasteiger partial charge < -0.3 is 20.1 Å². The van der Waals surface area contributed by atoms with Crippen LogP contribution in [-0.2, 0) is 4.79 Å². The molecular formula is C17H14F2N2O4. The number of fused-ring (bicyclic) bond motifs is 1. The third kappa shape index (κ3) is 3.85. The fraction of sp³-hybridized carbons (Fsp3) is 0.176. The minimum atomic E-state index is -2.92. The first-order valence-electron chi connectivity index (χ1n) is 7.40. The molecule has 0 aliphatic carbocycles. The summed E-state index contributed by atoms with van der Waals surface area (Å²) in [4.78, 5) is 23.8. The SMILES string of the molecule is C[C@H]1Oc2ccc(NC(=O)c3ccc(OC(F)F)cc3)cc2NC1=O. The van der Waals surface area contributed by atoms with Crippen molar-refractivity contribution in [2.45, 2.75) is 19.6 Å². The highest BCUT2D eigenvalue weighted by atomic mass is 19.3. The minimum Gasteiger partial charge on any atom is -0.479 e. The molecule has 2 amide bonds. The van der Waals surface area contributed by atoms with Crippen LogP contribution in [0.4, 0.5) is 20.2 Å². The van der Waals surface area contributed by atoms with Crippen LogP contribution >= 0.6 is 0 Å². The quantitative estimate of drug-likeness (QED) is 0.889. The van der Waals surface area contributed by atoms with Gasteiger partial charge in [-0.3, -0.25) is 9.59 Å². The molecule has 25 heavy (non-hydrogen) atoms. The first-order valence-corrected chi connectivity index (χ1v) is 7.40. The van der Waals surface area contributed by atoms with Crippen LogP contribution in [0.15, 0.2) is 42.5 Å². The molecule has 1 atom stereocenters. The number of benzene rings is 2. The van der Waals surface area contributed by atoms with Gasteiger partial charge in [-0.1, -0.05) is 0 Å². The maximum atomic E-state index is 12.2.